The van der Waals surface area contributed by atoms with Crippen LogP contribution < -0.4 is 0 Å². The minimum atomic E-state index is 0.846. The third-order valence-electron chi connectivity index (χ3n) is 5.48. The molecule has 0 spiro atoms. The van der Waals surface area contributed by atoms with Crippen LogP contribution in [-0.4, -0.2) is 0 Å². The van der Waals surface area contributed by atoms with Crippen LogP contribution in [0.3, 0.4) is 0 Å². The molecule has 0 aromatic heterocycles. The molecule has 4 atom stereocenters. The molecule has 0 N–H and O–H groups in total. The molecule has 17 heavy (non-hydrogen) atoms. The molecule has 0 aliphatic heterocycles. The van der Waals surface area contributed by atoms with Crippen molar-refractivity contribution in [2.75, 3.05) is 0 Å². The average molecular weight is 229 g/mol. The van der Waals surface area contributed by atoms with Gasteiger partial charge >= 0.3 is 0 Å². The van der Waals surface area contributed by atoms with Gasteiger partial charge in [0.25, 0.3) is 0 Å². The van der Waals surface area contributed by atoms with Gasteiger partial charge in [0, 0.05) is 0 Å². The third-order valence-corrected chi connectivity index (χ3v) is 5.48. The van der Waals surface area contributed by atoms with Gasteiger partial charge in [-0.15, -0.1) is 0 Å². The summed E-state index contributed by atoms with van der Waals surface area (Å²) in [6.45, 7) is 9.66. The van der Waals surface area contributed by atoms with Gasteiger partial charge in [-0.3, -0.25) is 0 Å². The second-order valence-electron chi connectivity index (χ2n) is 6.94. The van der Waals surface area contributed by atoms with E-state index in [1.807, 2.05) is 0 Å². The molecule has 1 aromatic rings. The van der Waals surface area contributed by atoms with E-state index in [4.69, 9.17) is 0 Å². The van der Waals surface area contributed by atoms with Crippen LogP contribution in [0.4, 0.5) is 0 Å². The fourth-order valence-corrected chi connectivity index (χ4v) is 4.58. The molecule has 0 saturated heterocycles. The van der Waals surface area contributed by atoms with Crippen molar-refractivity contribution in [1.82, 2.24) is 0 Å². The molecule has 3 aliphatic rings. The van der Waals surface area contributed by atoms with Crippen LogP contribution in [0.2, 0.25) is 0 Å². The van der Waals surface area contributed by atoms with Crippen LogP contribution in [0.15, 0.2) is 18.2 Å². The highest BCUT2D eigenvalue weighted by atomic mass is 14.5. The summed E-state index contributed by atoms with van der Waals surface area (Å²) in [6.07, 6.45) is 2.89. The van der Waals surface area contributed by atoms with Crippen molar-refractivity contribution in [3.8, 4) is 0 Å². The molecule has 4 rings (SSSR count). The lowest BCUT2D eigenvalue weighted by atomic mass is 9.54. The molecular formula is C17H25-. The highest BCUT2D eigenvalue weighted by Crippen LogP contribution is 2.58. The van der Waals surface area contributed by atoms with E-state index in [9.17, 15) is 0 Å². The largest absolute Gasteiger partial charge is 0.213 e. The molecule has 94 valence electrons. The Kier molecular flexibility index (Phi) is 2.65. The summed E-state index contributed by atoms with van der Waals surface area (Å²) < 4.78 is 0. The highest BCUT2D eigenvalue weighted by molar-refractivity contribution is 5.41. The predicted octanol–water partition coefficient (Wildman–Crippen LogP) is 4.92. The standard InChI is InChI=1S/C17H25/c1-10(2)14-8-17-13-7-5-6-12(13)16(14)9-15(17)11(3)4/h5-7,10-11,14-17H,8-9H2,1-4H3/q-1. The van der Waals surface area contributed by atoms with Crippen molar-refractivity contribution < 1.29 is 0 Å². The van der Waals surface area contributed by atoms with Crippen LogP contribution >= 0.6 is 0 Å². The van der Waals surface area contributed by atoms with Gasteiger partial charge in [-0.05, 0) is 36.0 Å². The lowest BCUT2D eigenvalue weighted by molar-refractivity contribution is 0.112. The van der Waals surface area contributed by atoms with Crippen LogP contribution in [-0.2, 0) is 0 Å². The molecule has 2 bridgehead atoms. The molecule has 3 aliphatic carbocycles. The molecular weight excluding hydrogens is 204 g/mol. The summed E-state index contributed by atoms with van der Waals surface area (Å²) in [5, 5.41) is 0. The maximum Gasteiger partial charge on any atom is -0.0346 e. The Morgan fingerprint density at radius 1 is 1.06 bits per heavy atom. The number of rotatable bonds is 2. The number of hydrogen-bond acceptors (Lipinski definition) is 0. The van der Waals surface area contributed by atoms with Crippen LogP contribution in [0.5, 0.6) is 0 Å². The van der Waals surface area contributed by atoms with Crippen LogP contribution in [0, 0.1) is 23.7 Å². The number of hydrogen-bond donors (Lipinski definition) is 0. The van der Waals surface area contributed by atoms with Crippen LogP contribution in [0.1, 0.15) is 63.5 Å². The monoisotopic (exact) mass is 229 g/mol. The quantitative estimate of drug-likeness (QED) is 0.631. The van der Waals surface area contributed by atoms with Gasteiger partial charge in [0.2, 0.25) is 0 Å². The lowest BCUT2D eigenvalue weighted by Gasteiger charge is -2.54. The van der Waals surface area contributed by atoms with Crippen molar-refractivity contribution in [3.05, 3.63) is 29.3 Å². The second-order valence-corrected chi connectivity index (χ2v) is 6.94. The number of fused-ring (bicyclic) bond motifs is 2. The molecule has 1 aromatic carbocycles. The minimum Gasteiger partial charge on any atom is -0.213 e. The first-order valence-electron chi connectivity index (χ1n) is 7.35. The van der Waals surface area contributed by atoms with E-state index in [1.165, 1.54) is 12.8 Å². The smallest absolute Gasteiger partial charge is 0.0346 e. The van der Waals surface area contributed by atoms with E-state index in [0.717, 1.165) is 35.5 Å². The van der Waals surface area contributed by atoms with Crippen molar-refractivity contribution in [1.29, 1.82) is 0 Å². The van der Waals surface area contributed by atoms with Gasteiger partial charge in [-0.25, -0.2) is 12.1 Å². The van der Waals surface area contributed by atoms with E-state index >= 15 is 0 Å². The predicted molar refractivity (Wildman–Crippen MR) is 73.4 cm³/mol. The first kappa shape index (κ1) is 11.4. The van der Waals surface area contributed by atoms with E-state index in [2.05, 4.69) is 45.9 Å². The average Bonchev–Trinajstić information content (AvgIpc) is 2.78. The molecule has 1 saturated carbocycles. The fraction of sp³-hybridized carbons (Fsp3) is 0.706. The van der Waals surface area contributed by atoms with Gasteiger partial charge in [0.05, 0.1) is 0 Å². The van der Waals surface area contributed by atoms with Gasteiger partial charge in [-0.1, -0.05) is 40.0 Å². The molecule has 0 heterocycles. The zero-order valence-electron chi connectivity index (χ0n) is 11.6. The summed E-state index contributed by atoms with van der Waals surface area (Å²) in [5.74, 6) is 5.28. The Morgan fingerprint density at radius 2 is 1.76 bits per heavy atom. The van der Waals surface area contributed by atoms with Gasteiger partial charge in [-0.2, -0.15) is 17.2 Å². The summed E-state index contributed by atoms with van der Waals surface area (Å²) in [6, 6.07) is 7.09. The highest BCUT2D eigenvalue weighted by Gasteiger charge is 2.43. The second kappa shape index (κ2) is 3.93. The van der Waals surface area contributed by atoms with Gasteiger partial charge in [0.1, 0.15) is 0 Å². The third kappa shape index (κ3) is 1.60. The molecule has 0 amide bonds. The Balaban J connectivity index is 2.00. The Morgan fingerprint density at radius 3 is 2.41 bits per heavy atom. The molecule has 0 heteroatoms. The Hall–Kier alpha value is -0.650. The van der Waals surface area contributed by atoms with Crippen molar-refractivity contribution >= 4 is 0 Å². The minimum absolute atomic E-state index is 0.846. The SMILES string of the molecule is CC(C)C1CC2[c-]3cccc3C1CC2C(C)C. The van der Waals surface area contributed by atoms with Gasteiger partial charge < -0.3 is 0 Å². The summed E-state index contributed by atoms with van der Waals surface area (Å²) >= 11 is 0. The van der Waals surface area contributed by atoms with Crippen molar-refractivity contribution in [2.45, 2.75) is 52.4 Å². The zero-order valence-corrected chi connectivity index (χ0v) is 11.6. The first-order valence-corrected chi connectivity index (χ1v) is 7.35. The maximum absolute atomic E-state index is 2.42. The van der Waals surface area contributed by atoms with E-state index in [1.54, 1.807) is 11.1 Å². The first-order chi connectivity index (χ1) is 8.09. The van der Waals surface area contributed by atoms with E-state index in [0.29, 0.717) is 0 Å². The summed E-state index contributed by atoms with van der Waals surface area (Å²) in [4.78, 5) is 0. The molecule has 0 radical (unpaired) electrons. The summed E-state index contributed by atoms with van der Waals surface area (Å²) in [7, 11) is 0. The normalized spacial score (nSPS) is 35.6. The Labute approximate surface area is 106 Å². The topological polar surface area (TPSA) is 0 Å². The molecule has 0 nitrogen and oxygen atoms in total. The van der Waals surface area contributed by atoms with Crippen molar-refractivity contribution in [2.24, 2.45) is 23.7 Å². The Bertz CT molecular complexity index is 359. The summed E-state index contributed by atoms with van der Waals surface area (Å²) in [5.41, 5.74) is 3.41. The van der Waals surface area contributed by atoms with E-state index < -0.39 is 0 Å². The molecule has 1 fully saturated rings. The van der Waals surface area contributed by atoms with E-state index in [-0.39, 0.29) is 0 Å². The zero-order chi connectivity index (χ0) is 12.2. The van der Waals surface area contributed by atoms with Gasteiger partial charge in [0.15, 0.2) is 0 Å². The lowest BCUT2D eigenvalue weighted by Crippen LogP contribution is -2.39. The maximum atomic E-state index is 2.42. The fourth-order valence-electron chi connectivity index (χ4n) is 4.58. The molecule has 4 unspecified atom stereocenters. The van der Waals surface area contributed by atoms with Crippen molar-refractivity contribution in [3.63, 3.8) is 0 Å². The van der Waals surface area contributed by atoms with Crippen LogP contribution in [0.25, 0.3) is 0 Å².